The van der Waals surface area contributed by atoms with Gasteiger partial charge in [0.1, 0.15) is 10.4 Å². The molecule has 2 aromatic rings. The van der Waals surface area contributed by atoms with E-state index in [9.17, 15) is 14.4 Å². The summed E-state index contributed by atoms with van der Waals surface area (Å²) in [6.45, 7) is 2.09. The first-order chi connectivity index (χ1) is 13.2. The largest absolute Gasteiger partial charge is 0.442 e. The summed E-state index contributed by atoms with van der Waals surface area (Å²) in [5, 5.41) is 3.11. The molecule has 1 fully saturated rings. The highest BCUT2D eigenvalue weighted by atomic mass is 35.5. The molecule has 0 saturated carbocycles. The lowest BCUT2D eigenvalue weighted by Crippen LogP contribution is -2.34. The molecule has 0 unspecified atom stereocenters. The molecule has 1 atom stereocenters. The predicted molar refractivity (Wildman–Crippen MR) is 109 cm³/mol. The minimum absolute atomic E-state index is 0.117. The standard InChI is InChI=1S/C16H16Cl2N4O4S2/c1-8(23)21(2)7-10-13(18)28-15(20-10)22-6-9(26-16(22)25)5-19-14(24)11-3-4-12(17)27-11/h3-4,9H,5-7H2,1-2H3,(H,19,24)/t9-/m0/s1. The first-order valence-corrected chi connectivity index (χ1v) is 10.5. The first-order valence-electron chi connectivity index (χ1n) is 8.13. The fourth-order valence-corrected chi connectivity index (χ4v) is 4.46. The van der Waals surface area contributed by atoms with E-state index in [1.165, 1.54) is 28.1 Å². The summed E-state index contributed by atoms with van der Waals surface area (Å²) in [5.41, 5.74) is 0.512. The van der Waals surface area contributed by atoms with Gasteiger partial charge in [-0.25, -0.2) is 14.7 Å². The van der Waals surface area contributed by atoms with Crippen LogP contribution in [0.4, 0.5) is 9.93 Å². The maximum atomic E-state index is 12.2. The monoisotopic (exact) mass is 462 g/mol. The lowest BCUT2D eigenvalue weighted by Gasteiger charge is -2.13. The number of thiazole rings is 1. The fraction of sp³-hybridized carbons (Fsp3) is 0.375. The van der Waals surface area contributed by atoms with Gasteiger partial charge in [-0.1, -0.05) is 34.5 Å². The smallest absolute Gasteiger partial charge is 0.416 e. The average Bonchev–Trinajstić information content (AvgIpc) is 3.32. The van der Waals surface area contributed by atoms with E-state index in [1.807, 2.05) is 0 Å². The van der Waals surface area contributed by atoms with Gasteiger partial charge in [0.25, 0.3) is 5.91 Å². The van der Waals surface area contributed by atoms with Crippen LogP contribution in [0.5, 0.6) is 0 Å². The van der Waals surface area contributed by atoms with E-state index < -0.39 is 12.2 Å². The zero-order valence-corrected chi connectivity index (χ0v) is 18.0. The molecule has 2 aromatic heterocycles. The predicted octanol–water partition coefficient (Wildman–Crippen LogP) is 3.24. The van der Waals surface area contributed by atoms with Gasteiger partial charge < -0.3 is 15.0 Å². The SMILES string of the molecule is CC(=O)N(C)Cc1nc(N2C[C@H](CNC(=O)c3ccc(Cl)s3)OC2=O)sc1Cl. The second-order valence-electron chi connectivity index (χ2n) is 6.02. The Kier molecular flexibility index (Phi) is 6.43. The molecular formula is C16H16Cl2N4O4S2. The number of hydrogen-bond donors (Lipinski definition) is 1. The van der Waals surface area contributed by atoms with Crippen LogP contribution >= 0.6 is 45.9 Å². The van der Waals surface area contributed by atoms with Crippen LogP contribution in [0.3, 0.4) is 0 Å². The Morgan fingerprint density at radius 3 is 2.79 bits per heavy atom. The number of anilines is 1. The summed E-state index contributed by atoms with van der Waals surface area (Å²) in [4.78, 5) is 43.3. The van der Waals surface area contributed by atoms with Gasteiger partial charge in [0.2, 0.25) is 5.91 Å². The van der Waals surface area contributed by atoms with E-state index in [1.54, 1.807) is 19.2 Å². The molecule has 3 amide bonds. The number of aromatic nitrogens is 1. The number of nitrogens with zero attached hydrogens (tertiary/aromatic N) is 3. The lowest BCUT2D eigenvalue weighted by atomic mass is 10.3. The number of ether oxygens (including phenoxy) is 1. The summed E-state index contributed by atoms with van der Waals surface area (Å²) in [6, 6.07) is 3.28. The van der Waals surface area contributed by atoms with Crippen molar-refractivity contribution in [3.05, 3.63) is 31.4 Å². The highest BCUT2D eigenvalue weighted by molar-refractivity contribution is 7.19. The number of nitrogens with one attached hydrogen (secondary N) is 1. The molecule has 0 spiro atoms. The minimum Gasteiger partial charge on any atom is -0.442 e. The van der Waals surface area contributed by atoms with Crippen molar-refractivity contribution in [2.75, 3.05) is 25.0 Å². The quantitative estimate of drug-likeness (QED) is 0.710. The van der Waals surface area contributed by atoms with Gasteiger partial charge in [-0.2, -0.15) is 0 Å². The van der Waals surface area contributed by atoms with Crippen LogP contribution in [-0.4, -0.2) is 54.0 Å². The van der Waals surface area contributed by atoms with Crippen molar-refractivity contribution in [3.8, 4) is 0 Å². The molecule has 1 saturated heterocycles. The van der Waals surface area contributed by atoms with Gasteiger partial charge >= 0.3 is 6.09 Å². The Balaban J connectivity index is 1.60. The zero-order valence-electron chi connectivity index (χ0n) is 14.9. The molecular weight excluding hydrogens is 447 g/mol. The minimum atomic E-state index is -0.560. The molecule has 1 aliphatic heterocycles. The number of carbonyl (C=O) groups excluding carboxylic acids is 3. The number of carbonyl (C=O) groups is 3. The van der Waals surface area contributed by atoms with E-state index in [0.29, 0.717) is 24.4 Å². The van der Waals surface area contributed by atoms with Gasteiger partial charge in [0, 0.05) is 14.0 Å². The van der Waals surface area contributed by atoms with Crippen molar-refractivity contribution >= 4 is 68.9 Å². The molecule has 1 N–H and O–H groups in total. The molecule has 3 heterocycles. The number of thiophene rings is 1. The molecule has 8 nitrogen and oxygen atoms in total. The van der Waals surface area contributed by atoms with Crippen LogP contribution in [0.25, 0.3) is 0 Å². The molecule has 150 valence electrons. The summed E-state index contributed by atoms with van der Waals surface area (Å²) < 4.78 is 6.23. The second kappa shape index (κ2) is 8.64. The molecule has 12 heteroatoms. The molecule has 3 rings (SSSR count). The normalized spacial score (nSPS) is 16.2. The third-order valence-corrected chi connectivity index (χ3v) is 6.54. The van der Waals surface area contributed by atoms with Crippen molar-refractivity contribution in [3.63, 3.8) is 0 Å². The second-order valence-corrected chi connectivity index (χ2v) is 9.32. The van der Waals surface area contributed by atoms with E-state index in [4.69, 9.17) is 27.9 Å². The third kappa shape index (κ3) is 4.75. The van der Waals surface area contributed by atoms with E-state index in [2.05, 4.69) is 10.3 Å². The van der Waals surface area contributed by atoms with Gasteiger partial charge in [0.15, 0.2) is 5.13 Å². The summed E-state index contributed by atoms with van der Waals surface area (Å²) >= 11 is 14.3. The van der Waals surface area contributed by atoms with Gasteiger partial charge in [-0.05, 0) is 12.1 Å². The van der Waals surface area contributed by atoms with E-state index >= 15 is 0 Å². The topological polar surface area (TPSA) is 91.8 Å². The van der Waals surface area contributed by atoms with Crippen LogP contribution in [0.1, 0.15) is 22.3 Å². The maximum absolute atomic E-state index is 12.2. The number of rotatable bonds is 6. The number of amides is 3. The summed E-state index contributed by atoms with van der Waals surface area (Å²) in [7, 11) is 1.64. The molecule has 0 aliphatic carbocycles. The van der Waals surface area contributed by atoms with Crippen molar-refractivity contribution in [2.45, 2.75) is 19.6 Å². The van der Waals surface area contributed by atoms with Crippen molar-refractivity contribution in [1.29, 1.82) is 0 Å². The molecule has 0 aromatic carbocycles. The van der Waals surface area contributed by atoms with Crippen molar-refractivity contribution < 1.29 is 19.1 Å². The Morgan fingerprint density at radius 2 is 2.14 bits per heavy atom. The third-order valence-electron chi connectivity index (χ3n) is 3.96. The van der Waals surface area contributed by atoms with Crippen LogP contribution < -0.4 is 10.2 Å². The van der Waals surface area contributed by atoms with Crippen molar-refractivity contribution in [1.82, 2.24) is 15.2 Å². The average molecular weight is 463 g/mol. The van der Waals surface area contributed by atoms with Crippen molar-refractivity contribution in [2.24, 2.45) is 0 Å². The van der Waals surface area contributed by atoms with Gasteiger partial charge in [-0.15, -0.1) is 11.3 Å². The Morgan fingerprint density at radius 1 is 1.39 bits per heavy atom. The number of halogens is 2. The number of hydrogen-bond acceptors (Lipinski definition) is 7. The Bertz CT molecular complexity index is 916. The molecule has 0 radical (unpaired) electrons. The summed E-state index contributed by atoms with van der Waals surface area (Å²) in [6.07, 6.45) is -1.08. The lowest BCUT2D eigenvalue weighted by molar-refractivity contribution is -0.128. The Hall–Kier alpha value is -1.88. The highest BCUT2D eigenvalue weighted by Gasteiger charge is 2.35. The van der Waals surface area contributed by atoms with Crippen LogP contribution in [-0.2, 0) is 16.1 Å². The number of cyclic esters (lactones) is 1. The maximum Gasteiger partial charge on any atom is 0.416 e. The fourth-order valence-electron chi connectivity index (χ4n) is 2.38. The van der Waals surface area contributed by atoms with Gasteiger partial charge in [0.05, 0.1) is 34.5 Å². The molecule has 0 bridgehead atoms. The molecule has 1 aliphatic rings. The van der Waals surface area contributed by atoms with Crippen LogP contribution in [0.2, 0.25) is 8.67 Å². The highest BCUT2D eigenvalue weighted by Crippen LogP contribution is 2.33. The van der Waals surface area contributed by atoms with Crippen LogP contribution in [0.15, 0.2) is 12.1 Å². The Labute approximate surface area is 179 Å². The van der Waals surface area contributed by atoms with E-state index in [-0.39, 0.29) is 31.4 Å². The zero-order chi connectivity index (χ0) is 20.4. The first kappa shape index (κ1) is 20.8. The summed E-state index contributed by atoms with van der Waals surface area (Å²) in [5.74, 6) is -0.396. The van der Waals surface area contributed by atoms with Crippen LogP contribution in [0, 0.1) is 0 Å². The van der Waals surface area contributed by atoms with E-state index in [0.717, 1.165) is 11.3 Å². The van der Waals surface area contributed by atoms with Gasteiger partial charge in [-0.3, -0.25) is 9.59 Å². The molecule has 28 heavy (non-hydrogen) atoms.